The van der Waals surface area contributed by atoms with Gasteiger partial charge in [0.2, 0.25) is 0 Å². The third kappa shape index (κ3) is 1.77. The van der Waals surface area contributed by atoms with Crippen LogP contribution in [0, 0.1) is 5.92 Å². The van der Waals surface area contributed by atoms with Gasteiger partial charge in [0.05, 0.1) is 17.1 Å². The maximum atomic E-state index is 11.8. The number of aromatic nitrogens is 1. The number of amides is 1. The molecule has 0 bridgehead atoms. The van der Waals surface area contributed by atoms with Crippen LogP contribution < -0.4 is 0 Å². The van der Waals surface area contributed by atoms with Crippen LogP contribution in [-0.2, 0) is 0 Å². The summed E-state index contributed by atoms with van der Waals surface area (Å²) in [5, 5.41) is 0.0897. The van der Waals surface area contributed by atoms with E-state index in [4.69, 9.17) is 11.6 Å². The number of likely N-dealkylation sites (tertiary alicyclic amines) is 1. The van der Waals surface area contributed by atoms with Crippen molar-refractivity contribution in [1.29, 1.82) is 0 Å². The van der Waals surface area contributed by atoms with E-state index in [-0.39, 0.29) is 11.3 Å². The van der Waals surface area contributed by atoms with Gasteiger partial charge in [0.1, 0.15) is 4.88 Å². The Kier molecular flexibility index (Phi) is 2.74. The summed E-state index contributed by atoms with van der Waals surface area (Å²) in [6, 6.07) is 0. The molecule has 0 saturated carbocycles. The van der Waals surface area contributed by atoms with Gasteiger partial charge in [-0.05, 0) is 5.92 Å². The molecule has 0 aliphatic carbocycles. The van der Waals surface area contributed by atoms with Crippen molar-refractivity contribution in [2.24, 2.45) is 5.92 Å². The number of carbonyl (C=O) groups is 1. The van der Waals surface area contributed by atoms with Crippen LogP contribution in [0.1, 0.15) is 16.6 Å². The van der Waals surface area contributed by atoms with E-state index < -0.39 is 0 Å². The van der Waals surface area contributed by atoms with Gasteiger partial charge in [-0.1, -0.05) is 6.92 Å². The number of nitrogens with zero attached hydrogens (tertiary/aromatic N) is 2. The minimum absolute atomic E-state index is 0.0579. The lowest BCUT2D eigenvalue weighted by Crippen LogP contribution is -2.28. The van der Waals surface area contributed by atoms with E-state index in [9.17, 15) is 4.79 Å². The molecule has 1 fully saturated rings. The van der Waals surface area contributed by atoms with Crippen molar-refractivity contribution in [3.8, 4) is 0 Å². The highest BCUT2D eigenvalue weighted by Gasteiger charge is 2.31. The first-order valence-corrected chi connectivity index (χ1v) is 5.82. The molecule has 0 N–H and O–H groups in total. The maximum Gasteiger partial charge on any atom is 0.265 e. The van der Waals surface area contributed by atoms with Crippen LogP contribution in [0.2, 0.25) is 0 Å². The van der Waals surface area contributed by atoms with Gasteiger partial charge in [0, 0.05) is 13.1 Å². The van der Waals surface area contributed by atoms with Gasteiger partial charge < -0.3 is 4.90 Å². The first-order valence-electron chi connectivity index (χ1n) is 4.50. The molecule has 3 nitrogen and oxygen atoms in total. The van der Waals surface area contributed by atoms with Crippen LogP contribution in [-0.4, -0.2) is 34.3 Å². The Hall–Kier alpha value is -0.610. The number of alkyl halides is 1. The molecule has 2 atom stereocenters. The predicted octanol–water partition coefficient (Wildman–Crippen LogP) is 1.84. The van der Waals surface area contributed by atoms with E-state index in [1.807, 2.05) is 0 Å². The first kappa shape index (κ1) is 9.93. The molecular weight excluding hydrogens is 220 g/mol. The lowest BCUT2D eigenvalue weighted by atomic mass is 10.2. The van der Waals surface area contributed by atoms with Crippen LogP contribution in [0.3, 0.4) is 0 Å². The van der Waals surface area contributed by atoms with Crippen LogP contribution in [0.5, 0.6) is 0 Å². The fourth-order valence-corrected chi connectivity index (χ4v) is 2.40. The second kappa shape index (κ2) is 3.87. The minimum atomic E-state index is 0.0579. The summed E-state index contributed by atoms with van der Waals surface area (Å²) >= 11 is 7.43. The quantitative estimate of drug-likeness (QED) is 0.690. The van der Waals surface area contributed by atoms with Crippen LogP contribution in [0.15, 0.2) is 11.7 Å². The van der Waals surface area contributed by atoms with Crippen LogP contribution in [0.25, 0.3) is 0 Å². The molecule has 5 heteroatoms. The molecule has 1 saturated heterocycles. The van der Waals surface area contributed by atoms with Crippen LogP contribution in [0.4, 0.5) is 0 Å². The first-order chi connectivity index (χ1) is 6.68. The zero-order valence-corrected chi connectivity index (χ0v) is 9.38. The smallest absolute Gasteiger partial charge is 0.265 e. The van der Waals surface area contributed by atoms with E-state index in [1.54, 1.807) is 16.6 Å². The molecular formula is C9H11ClN2OS. The van der Waals surface area contributed by atoms with E-state index in [0.29, 0.717) is 17.3 Å². The Morgan fingerprint density at radius 1 is 1.71 bits per heavy atom. The molecule has 1 aliphatic rings. The Morgan fingerprint density at radius 2 is 2.50 bits per heavy atom. The van der Waals surface area contributed by atoms with Crippen molar-refractivity contribution in [3.63, 3.8) is 0 Å². The molecule has 1 amide bonds. The van der Waals surface area contributed by atoms with Gasteiger partial charge in [-0.25, -0.2) is 0 Å². The van der Waals surface area contributed by atoms with Crippen molar-refractivity contribution < 1.29 is 4.79 Å². The molecule has 2 unspecified atom stereocenters. The van der Waals surface area contributed by atoms with E-state index in [1.165, 1.54) is 11.3 Å². The second-order valence-corrected chi connectivity index (χ2v) is 5.02. The average Bonchev–Trinajstić information content (AvgIpc) is 2.76. The normalized spacial score (nSPS) is 26.9. The largest absolute Gasteiger partial charge is 0.336 e. The lowest BCUT2D eigenvalue weighted by molar-refractivity contribution is 0.0793. The van der Waals surface area contributed by atoms with Crippen molar-refractivity contribution >= 4 is 28.8 Å². The van der Waals surface area contributed by atoms with Gasteiger partial charge in [0.15, 0.2) is 0 Å². The van der Waals surface area contributed by atoms with Crippen molar-refractivity contribution in [2.45, 2.75) is 12.3 Å². The van der Waals surface area contributed by atoms with Gasteiger partial charge in [-0.3, -0.25) is 9.78 Å². The van der Waals surface area contributed by atoms with E-state index in [2.05, 4.69) is 11.9 Å². The number of halogens is 1. The summed E-state index contributed by atoms with van der Waals surface area (Å²) in [5.41, 5.74) is 1.67. The lowest BCUT2D eigenvalue weighted by Gasteiger charge is -2.13. The molecule has 76 valence electrons. The highest BCUT2D eigenvalue weighted by Crippen LogP contribution is 2.23. The summed E-state index contributed by atoms with van der Waals surface area (Å²) in [6.07, 6.45) is 1.61. The highest BCUT2D eigenvalue weighted by atomic mass is 35.5. The summed E-state index contributed by atoms with van der Waals surface area (Å²) in [5.74, 6) is 0.441. The third-order valence-corrected chi connectivity index (χ3v) is 3.78. The molecule has 1 aromatic rings. The summed E-state index contributed by atoms with van der Waals surface area (Å²) < 4.78 is 0. The summed E-state index contributed by atoms with van der Waals surface area (Å²) in [4.78, 5) is 18.2. The summed E-state index contributed by atoms with van der Waals surface area (Å²) in [6.45, 7) is 3.47. The third-order valence-electron chi connectivity index (χ3n) is 2.45. The Balaban J connectivity index is 2.07. The SMILES string of the molecule is CC1CN(C(=O)c2cncs2)CC1Cl. The summed E-state index contributed by atoms with van der Waals surface area (Å²) in [7, 11) is 0. The average molecular weight is 231 g/mol. The standard InChI is InChI=1S/C9H11ClN2OS/c1-6-3-12(4-7(6)10)9(13)8-2-11-5-14-8/h2,5-7H,3-4H2,1H3. The number of hydrogen-bond donors (Lipinski definition) is 0. The fourth-order valence-electron chi connectivity index (χ4n) is 1.57. The molecule has 0 spiro atoms. The molecule has 1 aromatic heterocycles. The Morgan fingerprint density at radius 3 is 3.00 bits per heavy atom. The number of rotatable bonds is 1. The Bertz CT molecular complexity index is 318. The molecule has 0 radical (unpaired) electrons. The predicted molar refractivity (Wildman–Crippen MR) is 56.8 cm³/mol. The van der Waals surface area contributed by atoms with E-state index >= 15 is 0 Å². The maximum absolute atomic E-state index is 11.8. The second-order valence-electron chi connectivity index (χ2n) is 3.57. The zero-order valence-electron chi connectivity index (χ0n) is 7.81. The monoisotopic (exact) mass is 230 g/mol. The number of hydrogen-bond acceptors (Lipinski definition) is 3. The van der Waals surface area contributed by atoms with E-state index in [0.717, 1.165) is 6.54 Å². The fraction of sp³-hybridized carbons (Fsp3) is 0.556. The molecule has 2 rings (SSSR count). The molecule has 2 heterocycles. The van der Waals surface area contributed by atoms with Gasteiger partial charge in [-0.2, -0.15) is 0 Å². The molecule has 0 aromatic carbocycles. The van der Waals surface area contributed by atoms with Crippen LogP contribution >= 0.6 is 22.9 Å². The highest BCUT2D eigenvalue weighted by molar-refractivity contribution is 7.11. The van der Waals surface area contributed by atoms with Crippen molar-refractivity contribution in [2.75, 3.05) is 13.1 Å². The van der Waals surface area contributed by atoms with Crippen molar-refractivity contribution in [3.05, 3.63) is 16.6 Å². The number of carbonyl (C=O) groups excluding carboxylic acids is 1. The van der Waals surface area contributed by atoms with Gasteiger partial charge >= 0.3 is 0 Å². The van der Waals surface area contributed by atoms with Gasteiger partial charge in [0.25, 0.3) is 5.91 Å². The topological polar surface area (TPSA) is 33.2 Å². The molecule has 1 aliphatic heterocycles. The zero-order chi connectivity index (χ0) is 10.1. The Labute approximate surface area is 91.7 Å². The minimum Gasteiger partial charge on any atom is -0.336 e. The number of thiazole rings is 1. The van der Waals surface area contributed by atoms with Crippen molar-refractivity contribution in [1.82, 2.24) is 9.88 Å². The van der Waals surface area contributed by atoms with Gasteiger partial charge in [-0.15, -0.1) is 22.9 Å². The molecule has 14 heavy (non-hydrogen) atoms.